The van der Waals surface area contributed by atoms with Crippen molar-refractivity contribution in [1.29, 1.82) is 0 Å². The van der Waals surface area contributed by atoms with Crippen molar-refractivity contribution in [2.45, 2.75) is 6.92 Å². The number of fused-ring (bicyclic) bond motifs is 1. The molecule has 7 nitrogen and oxygen atoms in total. The number of rotatable bonds is 2. The molecule has 2 aromatic heterocycles. The number of hydrogen-bond donors (Lipinski definition) is 0. The summed E-state index contributed by atoms with van der Waals surface area (Å²) in [5, 5.41) is 4.80. The number of pyridine rings is 1. The molecular weight excluding hydrogens is 342 g/mol. The second kappa shape index (κ2) is 6.83. The molecule has 0 N–H and O–H groups in total. The van der Waals surface area contributed by atoms with E-state index in [1.54, 1.807) is 22.8 Å². The van der Waals surface area contributed by atoms with E-state index in [-0.39, 0.29) is 17.0 Å². The summed E-state index contributed by atoms with van der Waals surface area (Å²) >= 11 is 0. The molecule has 27 heavy (non-hydrogen) atoms. The molecule has 1 aliphatic rings. The summed E-state index contributed by atoms with van der Waals surface area (Å²) in [5.41, 5.74) is 1.39. The molecule has 1 saturated heterocycles. The maximum Gasteiger partial charge on any atom is 0.278 e. The Morgan fingerprint density at radius 1 is 1.07 bits per heavy atom. The lowest BCUT2D eigenvalue weighted by Gasteiger charge is -2.35. The highest BCUT2D eigenvalue weighted by Crippen LogP contribution is 2.15. The number of amides is 1. The summed E-state index contributed by atoms with van der Waals surface area (Å²) in [4.78, 5) is 34.0. The second-order valence-electron chi connectivity index (χ2n) is 6.79. The van der Waals surface area contributed by atoms with Gasteiger partial charge in [0.05, 0.1) is 10.9 Å². The lowest BCUT2D eigenvalue weighted by atomic mass is 10.1. The molecule has 4 rings (SSSR count). The van der Waals surface area contributed by atoms with E-state index in [1.807, 2.05) is 43.3 Å². The molecule has 1 fully saturated rings. The molecule has 3 heterocycles. The minimum Gasteiger partial charge on any atom is -0.353 e. The fourth-order valence-electron chi connectivity index (χ4n) is 3.46. The topological polar surface area (TPSA) is 71.3 Å². The van der Waals surface area contributed by atoms with E-state index in [0.29, 0.717) is 31.6 Å². The van der Waals surface area contributed by atoms with Gasteiger partial charge in [-0.15, -0.1) is 0 Å². The van der Waals surface area contributed by atoms with Crippen molar-refractivity contribution in [2.75, 3.05) is 31.1 Å². The van der Waals surface area contributed by atoms with Gasteiger partial charge in [-0.2, -0.15) is 5.10 Å². The number of benzene rings is 1. The molecule has 3 aromatic rings. The summed E-state index contributed by atoms with van der Waals surface area (Å²) in [6.45, 7) is 4.35. The SMILES string of the molecule is Cc1ccc2c(c1)c(=O)c(C(=O)N1CCN(c3ccccn3)CC1)nn2C. The molecule has 0 unspecified atom stereocenters. The van der Waals surface area contributed by atoms with Crippen LogP contribution >= 0.6 is 0 Å². The van der Waals surface area contributed by atoms with Gasteiger partial charge in [0, 0.05) is 39.4 Å². The molecule has 138 valence electrons. The van der Waals surface area contributed by atoms with Gasteiger partial charge >= 0.3 is 0 Å². The van der Waals surface area contributed by atoms with Gasteiger partial charge in [-0.1, -0.05) is 17.7 Å². The Kier molecular flexibility index (Phi) is 4.35. The van der Waals surface area contributed by atoms with Gasteiger partial charge < -0.3 is 9.80 Å². The molecular formula is C20H21N5O2. The third-order valence-corrected chi connectivity index (χ3v) is 4.95. The van der Waals surface area contributed by atoms with Gasteiger partial charge in [0.25, 0.3) is 5.91 Å². The number of piperazine rings is 1. The normalized spacial score (nSPS) is 14.6. The van der Waals surface area contributed by atoms with Gasteiger partial charge in [0.1, 0.15) is 5.82 Å². The lowest BCUT2D eigenvalue weighted by molar-refractivity contribution is 0.0737. The Morgan fingerprint density at radius 2 is 1.85 bits per heavy atom. The Balaban J connectivity index is 1.59. The van der Waals surface area contributed by atoms with Crippen LogP contribution in [0.3, 0.4) is 0 Å². The van der Waals surface area contributed by atoms with Crippen LogP contribution in [0.25, 0.3) is 10.9 Å². The largest absolute Gasteiger partial charge is 0.353 e. The van der Waals surface area contributed by atoms with Crippen LogP contribution in [-0.2, 0) is 7.05 Å². The van der Waals surface area contributed by atoms with Gasteiger partial charge in [0.15, 0.2) is 5.69 Å². The van der Waals surface area contributed by atoms with Gasteiger partial charge in [0.2, 0.25) is 5.43 Å². The standard InChI is InChI=1S/C20H21N5O2/c1-14-6-7-16-15(13-14)19(26)18(22-23(16)2)20(27)25-11-9-24(10-12-25)17-5-3-4-8-21-17/h3-8,13H,9-12H2,1-2H3. The highest BCUT2D eigenvalue weighted by atomic mass is 16.2. The van der Waals surface area contributed by atoms with Crippen LogP contribution in [0.4, 0.5) is 5.82 Å². The van der Waals surface area contributed by atoms with Crippen LogP contribution in [0.2, 0.25) is 0 Å². The highest BCUT2D eigenvalue weighted by Gasteiger charge is 2.26. The van der Waals surface area contributed by atoms with Gasteiger partial charge in [-0.3, -0.25) is 14.3 Å². The molecule has 0 aliphatic carbocycles. The number of hydrogen-bond acceptors (Lipinski definition) is 5. The zero-order valence-corrected chi connectivity index (χ0v) is 15.4. The number of carbonyl (C=O) groups is 1. The third kappa shape index (κ3) is 3.16. The van der Waals surface area contributed by atoms with Crippen molar-refractivity contribution in [1.82, 2.24) is 19.7 Å². The van der Waals surface area contributed by atoms with E-state index in [1.165, 1.54) is 0 Å². The van der Waals surface area contributed by atoms with E-state index in [2.05, 4.69) is 15.0 Å². The maximum absolute atomic E-state index is 13.0. The molecule has 1 aromatic carbocycles. The Hall–Kier alpha value is -3.22. The van der Waals surface area contributed by atoms with E-state index in [4.69, 9.17) is 0 Å². The number of aromatic nitrogens is 3. The minimum atomic E-state index is -0.306. The second-order valence-corrected chi connectivity index (χ2v) is 6.79. The molecule has 0 saturated carbocycles. The van der Waals surface area contributed by atoms with Crippen molar-refractivity contribution in [3.8, 4) is 0 Å². The Labute approximate surface area is 156 Å². The summed E-state index contributed by atoms with van der Waals surface area (Å²) < 4.78 is 1.60. The van der Waals surface area contributed by atoms with Crippen LogP contribution in [0, 0.1) is 6.92 Å². The fraction of sp³-hybridized carbons (Fsp3) is 0.300. The van der Waals surface area contributed by atoms with E-state index in [9.17, 15) is 9.59 Å². The van der Waals surface area contributed by atoms with Crippen molar-refractivity contribution < 1.29 is 4.79 Å². The number of carbonyl (C=O) groups excluding carboxylic acids is 1. The summed E-state index contributed by atoms with van der Waals surface area (Å²) in [5.74, 6) is 0.597. The van der Waals surface area contributed by atoms with Crippen molar-refractivity contribution >= 4 is 22.6 Å². The first-order valence-corrected chi connectivity index (χ1v) is 8.97. The average Bonchev–Trinajstić information content (AvgIpc) is 2.71. The smallest absolute Gasteiger partial charge is 0.278 e. The molecule has 0 radical (unpaired) electrons. The molecule has 1 aliphatic heterocycles. The Morgan fingerprint density at radius 3 is 2.56 bits per heavy atom. The van der Waals surface area contributed by atoms with Gasteiger partial charge in [-0.25, -0.2) is 4.98 Å². The quantitative estimate of drug-likeness (QED) is 0.692. The first-order chi connectivity index (χ1) is 13.0. The summed E-state index contributed by atoms with van der Waals surface area (Å²) in [6, 6.07) is 11.4. The van der Waals surface area contributed by atoms with Crippen LogP contribution < -0.4 is 10.3 Å². The average molecular weight is 363 g/mol. The van der Waals surface area contributed by atoms with E-state index < -0.39 is 0 Å². The highest BCUT2D eigenvalue weighted by molar-refractivity contribution is 5.95. The summed E-state index contributed by atoms with van der Waals surface area (Å²) in [7, 11) is 1.76. The first kappa shape index (κ1) is 17.2. The molecule has 0 spiro atoms. The summed E-state index contributed by atoms with van der Waals surface area (Å²) in [6.07, 6.45) is 1.76. The van der Waals surface area contributed by atoms with Gasteiger partial charge in [-0.05, 0) is 31.2 Å². The lowest BCUT2D eigenvalue weighted by Crippen LogP contribution is -2.50. The molecule has 7 heteroatoms. The van der Waals surface area contributed by atoms with Crippen LogP contribution in [0.15, 0.2) is 47.4 Å². The predicted octanol–water partition coefficient (Wildman–Crippen LogP) is 1.60. The maximum atomic E-state index is 13.0. The monoisotopic (exact) mass is 363 g/mol. The minimum absolute atomic E-state index is 0.0121. The predicted molar refractivity (Wildman–Crippen MR) is 104 cm³/mol. The fourth-order valence-corrected chi connectivity index (χ4v) is 3.46. The van der Waals surface area contributed by atoms with Crippen molar-refractivity contribution in [3.05, 3.63) is 64.1 Å². The van der Waals surface area contributed by atoms with E-state index >= 15 is 0 Å². The molecule has 1 amide bonds. The molecule has 0 atom stereocenters. The van der Waals surface area contributed by atoms with Crippen molar-refractivity contribution in [2.24, 2.45) is 7.05 Å². The van der Waals surface area contributed by atoms with E-state index in [0.717, 1.165) is 16.9 Å². The zero-order chi connectivity index (χ0) is 19.0. The number of anilines is 1. The number of nitrogens with zero attached hydrogens (tertiary/aromatic N) is 5. The zero-order valence-electron chi connectivity index (χ0n) is 15.4. The van der Waals surface area contributed by atoms with Crippen LogP contribution in [0.1, 0.15) is 16.1 Å². The molecule has 0 bridgehead atoms. The van der Waals surface area contributed by atoms with Crippen molar-refractivity contribution in [3.63, 3.8) is 0 Å². The first-order valence-electron chi connectivity index (χ1n) is 8.97. The third-order valence-electron chi connectivity index (χ3n) is 4.95. The van der Waals surface area contributed by atoms with Crippen LogP contribution in [0.5, 0.6) is 0 Å². The number of aryl methyl sites for hydroxylation is 2. The Bertz CT molecular complexity index is 1050. The van der Waals surface area contributed by atoms with Crippen LogP contribution in [-0.4, -0.2) is 51.8 Å².